The van der Waals surface area contributed by atoms with Crippen molar-refractivity contribution in [3.63, 3.8) is 0 Å². The third-order valence-corrected chi connectivity index (χ3v) is 3.44. The first-order valence-corrected chi connectivity index (χ1v) is 7.72. The fourth-order valence-corrected chi connectivity index (χ4v) is 2.70. The number of nitrogens with one attached hydrogen (secondary N) is 1. The second kappa shape index (κ2) is 5.59. The van der Waals surface area contributed by atoms with Crippen LogP contribution in [0, 0.1) is 0 Å². The Morgan fingerprint density at radius 3 is 2.71 bits per heavy atom. The number of hydrogen-bond acceptors (Lipinski definition) is 4. The van der Waals surface area contributed by atoms with Gasteiger partial charge in [0, 0.05) is 29.2 Å². The molecular formula is C10H13BrN2O3S. The van der Waals surface area contributed by atoms with Gasteiger partial charge in [-0.25, -0.2) is 8.42 Å². The van der Waals surface area contributed by atoms with E-state index in [-0.39, 0.29) is 11.7 Å². The number of pyridine rings is 1. The number of rotatable bonds is 4. The van der Waals surface area contributed by atoms with Gasteiger partial charge in [0.05, 0.1) is 11.3 Å². The highest BCUT2D eigenvalue weighted by Gasteiger charge is 2.14. The van der Waals surface area contributed by atoms with E-state index in [4.69, 9.17) is 0 Å². The summed E-state index contributed by atoms with van der Waals surface area (Å²) in [6, 6.07) is 1.19. The monoisotopic (exact) mass is 320 g/mol. The third kappa shape index (κ3) is 5.27. The molecule has 1 N–H and O–H groups in total. The number of amides is 1. The Hall–Kier alpha value is -0.950. The van der Waals surface area contributed by atoms with Crippen molar-refractivity contribution < 1.29 is 13.2 Å². The highest BCUT2D eigenvalue weighted by atomic mass is 79.9. The largest absolute Gasteiger partial charge is 0.349 e. The van der Waals surface area contributed by atoms with E-state index >= 15 is 0 Å². The Bertz CT molecular complexity index is 516. The molecule has 0 aliphatic carbocycles. The molecular weight excluding hydrogens is 308 g/mol. The van der Waals surface area contributed by atoms with E-state index in [1.54, 1.807) is 19.2 Å². The number of sulfone groups is 1. The molecule has 1 aromatic heterocycles. The molecule has 0 radical (unpaired) electrons. The molecule has 1 unspecified atom stereocenters. The maximum absolute atomic E-state index is 11.7. The molecule has 1 rings (SSSR count). The summed E-state index contributed by atoms with van der Waals surface area (Å²) in [5, 5.41) is 2.60. The number of carbonyl (C=O) groups is 1. The van der Waals surface area contributed by atoms with E-state index in [0.29, 0.717) is 10.0 Å². The molecule has 7 heteroatoms. The van der Waals surface area contributed by atoms with Crippen LogP contribution in [-0.4, -0.2) is 37.4 Å². The molecule has 0 aromatic carbocycles. The standard InChI is InChI=1S/C10H13BrN2O3S/c1-7(6-17(2,15)16)13-10(14)8-3-9(11)5-12-4-8/h3-5,7H,6H2,1-2H3,(H,13,14). The molecule has 0 spiro atoms. The molecule has 0 saturated heterocycles. The quantitative estimate of drug-likeness (QED) is 0.898. The van der Waals surface area contributed by atoms with Crippen molar-refractivity contribution in [2.45, 2.75) is 13.0 Å². The summed E-state index contributed by atoms with van der Waals surface area (Å²) in [4.78, 5) is 15.6. The molecule has 94 valence electrons. The van der Waals surface area contributed by atoms with Gasteiger partial charge in [0.25, 0.3) is 5.91 Å². The van der Waals surface area contributed by atoms with Crippen molar-refractivity contribution in [1.82, 2.24) is 10.3 Å². The number of nitrogens with zero attached hydrogens (tertiary/aromatic N) is 1. The van der Waals surface area contributed by atoms with E-state index in [1.165, 1.54) is 6.20 Å². The van der Waals surface area contributed by atoms with Gasteiger partial charge in [-0.3, -0.25) is 9.78 Å². The van der Waals surface area contributed by atoms with Crippen LogP contribution < -0.4 is 5.32 Å². The Morgan fingerprint density at radius 1 is 1.53 bits per heavy atom. The zero-order chi connectivity index (χ0) is 13.1. The summed E-state index contributed by atoms with van der Waals surface area (Å²) in [6.07, 6.45) is 4.13. The summed E-state index contributed by atoms with van der Waals surface area (Å²) in [7, 11) is -3.10. The number of hydrogen-bond donors (Lipinski definition) is 1. The summed E-state index contributed by atoms with van der Waals surface area (Å²) in [5.41, 5.74) is 0.389. The minimum absolute atomic E-state index is 0.0832. The molecule has 1 heterocycles. The van der Waals surface area contributed by atoms with Crippen molar-refractivity contribution in [3.05, 3.63) is 28.5 Å². The van der Waals surface area contributed by atoms with Crippen LogP contribution in [0.4, 0.5) is 0 Å². The summed E-state index contributed by atoms with van der Waals surface area (Å²) < 4.78 is 22.8. The highest BCUT2D eigenvalue weighted by Crippen LogP contribution is 2.09. The van der Waals surface area contributed by atoms with Crippen molar-refractivity contribution in [3.8, 4) is 0 Å². The van der Waals surface area contributed by atoms with Crippen molar-refractivity contribution in [2.24, 2.45) is 0 Å². The lowest BCUT2D eigenvalue weighted by atomic mass is 10.2. The maximum Gasteiger partial charge on any atom is 0.253 e. The molecule has 1 amide bonds. The summed E-state index contributed by atoms with van der Waals surface area (Å²) >= 11 is 3.21. The summed E-state index contributed by atoms with van der Waals surface area (Å²) in [6.45, 7) is 1.64. The van der Waals surface area contributed by atoms with Crippen LogP contribution in [0.15, 0.2) is 22.9 Å². The topological polar surface area (TPSA) is 76.1 Å². The Morgan fingerprint density at radius 2 is 2.18 bits per heavy atom. The molecule has 17 heavy (non-hydrogen) atoms. The van der Waals surface area contributed by atoms with E-state index in [9.17, 15) is 13.2 Å². The fraction of sp³-hybridized carbons (Fsp3) is 0.400. The van der Waals surface area contributed by atoms with Gasteiger partial charge >= 0.3 is 0 Å². The zero-order valence-electron chi connectivity index (χ0n) is 9.47. The van der Waals surface area contributed by atoms with Gasteiger partial charge in [-0.1, -0.05) is 0 Å². The number of halogens is 1. The predicted octanol–water partition coefficient (Wildman–Crippen LogP) is 1.01. The van der Waals surface area contributed by atoms with Crippen LogP contribution in [-0.2, 0) is 9.84 Å². The first-order valence-electron chi connectivity index (χ1n) is 4.87. The number of carbonyl (C=O) groups excluding carboxylic acids is 1. The first-order chi connectivity index (χ1) is 7.78. The average Bonchev–Trinajstić information content (AvgIpc) is 2.14. The van der Waals surface area contributed by atoms with Gasteiger partial charge < -0.3 is 5.32 Å². The smallest absolute Gasteiger partial charge is 0.253 e. The van der Waals surface area contributed by atoms with Crippen LogP contribution >= 0.6 is 15.9 Å². The van der Waals surface area contributed by atoms with E-state index in [0.717, 1.165) is 6.26 Å². The molecule has 0 bridgehead atoms. The lowest BCUT2D eigenvalue weighted by Crippen LogP contribution is -2.37. The molecule has 0 aliphatic heterocycles. The molecule has 5 nitrogen and oxygen atoms in total. The lowest BCUT2D eigenvalue weighted by molar-refractivity contribution is 0.0943. The minimum Gasteiger partial charge on any atom is -0.349 e. The van der Waals surface area contributed by atoms with Gasteiger partial charge in [-0.2, -0.15) is 0 Å². The Balaban J connectivity index is 2.67. The second-order valence-electron chi connectivity index (χ2n) is 3.86. The third-order valence-electron chi connectivity index (χ3n) is 1.90. The Kier molecular flexibility index (Phi) is 4.64. The summed E-state index contributed by atoms with van der Waals surface area (Å²) in [5.74, 6) is -0.421. The van der Waals surface area contributed by atoms with Crippen molar-refractivity contribution in [2.75, 3.05) is 12.0 Å². The van der Waals surface area contributed by atoms with Crippen LogP contribution in [0.1, 0.15) is 17.3 Å². The molecule has 0 saturated carbocycles. The van der Waals surface area contributed by atoms with Crippen LogP contribution in [0.25, 0.3) is 0 Å². The lowest BCUT2D eigenvalue weighted by Gasteiger charge is -2.12. The maximum atomic E-state index is 11.7. The molecule has 1 aromatic rings. The normalized spacial score (nSPS) is 13.1. The molecule has 0 fully saturated rings. The van der Waals surface area contributed by atoms with Gasteiger partial charge in [0.15, 0.2) is 0 Å². The SMILES string of the molecule is CC(CS(C)(=O)=O)NC(=O)c1cncc(Br)c1. The average molecular weight is 321 g/mol. The van der Waals surface area contributed by atoms with E-state index in [1.807, 2.05) is 0 Å². The highest BCUT2D eigenvalue weighted by molar-refractivity contribution is 9.10. The molecule has 1 atom stereocenters. The van der Waals surface area contributed by atoms with E-state index < -0.39 is 15.9 Å². The van der Waals surface area contributed by atoms with Crippen LogP contribution in [0.5, 0.6) is 0 Å². The van der Waals surface area contributed by atoms with Crippen LogP contribution in [0.2, 0.25) is 0 Å². The Labute approximate surface area is 109 Å². The fourth-order valence-electron chi connectivity index (χ4n) is 1.34. The van der Waals surface area contributed by atoms with Gasteiger partial charge in [-0.15, -0.1) is 0 Å². The zero-order valence-corrected chi connectivity index (χ0v) is 11.9. The first kappa shape index (κ1) is 14.1. The van der Waals surface area contributed by atoms with Gasteiger partial charge in [-0.05, 0) is 28.9 Å². The minimum atomic E-state index is -3.10. The van der Waals surface area contributed by atoms with Crippen LogP contribution in [0.3, 0.4) is 0 Å². The van der Waals surface area contributed by atoms with Crippen molar-refractivity contribution in [1.29, 1.82) is 0 Å². The van der Waals surface area contributed by atoms with E-state index in [2.05, 4.69) is 26.2 Å². The van der Waals surface area contributed by atoms with Crippen molar-refractivity contribution >= 4 is 31.7 Å². The predicted molar refractivity (Wildman–Crippen MR) is 68.6 cm³/mol. The molecule has 0 aliphatic rings. The van der Waals surface area contributed by atoms with Gasteiger partial charge in [0.1, 0.15) is 9.84 Å². The second-order valence-corrected chi connectivity index (χ2v) is 6.96. The number of aromatic nitrogens is 1. The van der Waals surface area contributed by atoms with Gasteiger partial charge in [0.2, 0.25) is 0 Å².